The van der Waals surface area contributed by atoms with E-state index in [1.807, 2.05) is 0 Å². The third-order valence-electron chi connectivity index (χ3n) is 4.28. The van der Waals surface area contributed by atoms with Crippen molar-refractivity contribution < 1.29 is 13.9 Å². The fourth-order valence-corrected chi connectivity index (χ4v) is 3.08. The highest BCUT2D eigenvalue weighted by Gasteiger charge is 2.58. The third kappa shape index (κ3) is 3.40. The van der Waals surface area contributed by atoms with Crippen molar-refractivity contribution in [2.24, 2.45) is 17.1 Å². The van der Waals surface area contributed by atoms with E-state index in [0.29, 0.717) is 17.8 Å². The van der Waals surface area contributed by atoms with Gasteiger partial charge in [-0.2, -0.15) is 0 Å². The molecule has 0 bridgehead atoms. The molecule has 0 aliphatic heterocycles. The molecule has 1 amide bonds. The number of carbonyl (C=O) groups excluding carboxylic acids is 1. The Labute approximate surface area is 131 Å². The molecular formula is C17H25FN2O2. The number of hydrogen-bond acceptors (Lipinski definition) is 3. The Morgan fingerprint density at radius 2 is 2.05 bits per heavy atom. The summed E-state index contributed by atoms with van der Waals surface area (Å²) in [7, 11) is 0. The van der Waals surface area contributed by atoms with E-state index >= 15 is 0 Å². The minimum atomic E-state index is -0.573. The number of benzene rings is 1. The van der Waals surface area contributed by atoms with Crippen LogP contribution in [0.5, 0.6) is 0 Å². The Bertz CT molecular complexity index is 579. The van der Waals surface area contributed by atoms with Gasteiger partial charge < -0.3 is 10.5 Å². The van der Waals surface area contributed by atoms with Crippen molar-refractivity contribution in [3.8, 4) is 0 Å². The largest absolute Gasteiger partial charge is 0.444 e. The quantitative estimate of drug-likeness (QED) is 0.891. The Hall–Kier alpha value is -1.62. The molecule has 22 heavy (non-hydrogen) atoms. The minimum Gasteiger partial charge on any atom is -0.444 e. The standard InChI is InChI=1S/C17H25FN2O2/c1-16(2,3)22-15(21)20-10-6-7-13(18)11(8-10)14-12(9-19)17(14,4)5/h6-8,12,14H,9,19H2,1-5H3,(H,20,21)/t12-,14-/m1/s1. The number of carbonyl (C=O) groups is 1. The fourth-order valence-electron chi connectivity index (χ4n) is 3.08. The van der Waals surface area contributed by atoms with Crippen LogP contribution in [0, 0.1) is 17.2 Å². The van der Waals surface area contributed by atoms with E-state index in [1.54, 1.807) is 26.8 Å². The molecule has 2 atom stereocenters. The molecule has 1 aliphatic rings. The van der Waals surface area contributed by atoms with Crippen LogP contribution in [0.1, 0.15) is 46.1 Å². The Balaban J connectivity index is 2.17. The van der Waals surface area contributed by atoms with Crippen molar-refractivity contribution in [1.29, 1.82) is 0 Å². The van der Waals surface area contributed by atoms with Gasteiger partial charge in [-0.1, -0.05) is 13.8 Å². The van der Waals surface area contributed by atoms with Crippen LogP contribution in [-0.4, -0.2) is 18.2 Å². The van der Waals surface area contributed by atoms with Crippen molar-refractivity contribution in [3.05, 3.63) is 29.6 Å². The van der Waals surface area contributed by atoms with Crippen LogP contribution in [0.2, 0.25) is 0 Å². The summed E-state index contributed by atoms with van der Waals surface area (Å²) in [5.74, 6) is 0.0837. The number of amides is 1. The average molecular weight is 308 g/mol. The molecule has 0 radical (unpaired) electrons. The predicted molar refractivity (Wildman–Crippen MR) is 85.3 cm³/mol. The molecule has 0 aromatic heterocycles. The Morgan fingerprint density at radius 3 is 2.55 bits per heavy atom. The van der Waals surface area contributed by atoms with Gasteiger partial charge in [0.25, 0.3) is 0 Å². The highest BCUT2D eigenvalue weighted by Crippen LogP contribution is 2.64. The lowest BCUT2D eigenvalue weighted by atomic mass is 10.0. The number of halogens is 1. The van der Waals surface area contributed by atoms with Gasteiger partial charge in [0.2, 0.25) is 0 Å². The second kappa shape index (κ2) is 5.54. The molecule has 4 nitrogen and oxygen atoms in total. The number of nitrogens with two attached hydrogens (primary N) is 1. The maximum Gasteiger partial charge on any atom is 0.412 e. The van der Waals surface area contributed by atoms with E-state index in [0.717, 1.165) is 0 Å². The summed E-state index contributed by atoms with van der Waals surface area (Å²) in [5, 5.41) is 2.65. The maximum absolute atomic E-state index is 14.1. The van der Waals surface area contributed by atoms with Gasteiger partial charge in [-0.25, -0.2) is 9.18 Å². The van der Waals surface area contributed by atoms with Gasteiger partial charge in [0.1, 0.15) is 11.4 Å². The Morgan fingerprint density at radius 1 is 1.41 bits per heavy atom. The number of nitrogens with one attached hydrogen (secondary N) is 1. The zero-order valence-corrected chi connectivity index (χ0v) is 13.9. The lowest BCUT2D eigenvalue weighted by molar-refractivity contribution is 0.0636. The van der Waals surface area contributed by atoms with Crippen LogP contribution in [0.3, 0.4) is 0 Å². The second-order valence-electron chi connectivity index (χ2n) is 7.50. The Kier molecular flexibility index (Phi) is 4.22. The van der Waals surface area contributed by atoms with E-state index in [9.17, 15) is 9.18 Å². The summed E-state index contributed by atoms with van der Waals surface area (Å²) in [6.45, 7) is 10.1. The summed E-state index contributed by atoms with van der Waals surface area (Å²) in [6, 6.07) is 4.60. The maximum atomic E-state index is 14.1. The van der Waals surface area contributed by atoms with E-state index in [2.05, 4.69) is 19.2 Å². The summed E-state index contributed by atoms with van der Waals surface area (Å²) in [4.78, 5) is 11.8. The smallest absolute Gasteiger partial charge is 0.412 e. The molecule has 0 unspecified atom stereocenters. The zero-order chi connectivity index (χ0) is 16.7. The first-order valence-corrected chi connectivity index (χ1v) is 7.56. The zero-order valence-electron chi connectivity index (χ0n) is 13.9. The van der Waals surface area contributed by atoms with Crippen LogP contribution < -0.4 is 11.1 Å². The molecule has 3 N–H and O–H groups in total. The molecule has 0 saturated heterocycles. The highest BCUT2D eigenvalue weighted by molar-refractivity contribution is 5.85. The minimum absolute atomic E-state index is 0.0138. The van der Waals surface area contributed by atoms with Crippen LogP contribution in [0.15, 0.2) is 18.2 Å². The predicted octanol–water partition coefficient (Wildman–Crippen LogP) is 3.87. The second-order valence-corrected chi connectivity index (χ2v) is 7.50. The first kappa shape index (κ1) is 16.7. The number of ether oxygens (including phenoxy) is 1. The lowest BCUT2D eigenvalue weighted by Crippen LogP contribution is -2.27. The molecular weight excluding hydrogens is 283 g/mol. The van der Waals surface area contributed by atoms with Crippen molar-refractivity contribution in [1.82, 2.24) is 0 Å². The van der Waals surface area contributed by atoms with Crippen LogP contribution in [-0.2, 0) is 4.74 Å². The SMILES string of the molecule is CC(C)(C)OC(=O)Nc1ccc(F)c([C@@H]2[C@@H](CN)C2(C)C)c1. The van der Waals surface area contributed by atoms with Crippen LogP contribution >= 0.6 is 0 Å². The fraction of sp³-hybridized carbons (Fsp3) is 0.588. The summed E-state index contributed by atoms with van der Waals surface area (Å²) in [5.41, 5.74) is 6.31. The van der Waals surface area contributed by atoms with E-state index < -0.39 is 11.7 Å². The van der Waals surface area contributed by atoms with E-state index in [-0.39, 0.29) is 23.1 Å². The lowest BCUT2D eigenvalue weighted by Gasteiger charge is -2.20. The van der Waals surface area contributed by atoms with Gasteiger partial charge >= 0.3 is 6.09 Å². The average Bonchev–Trinajstić information content (AvgIpc) is 2.91. The first-order chi connectivity index (χ1) is 10.1. The van der Waals surface area contributed by atoms with Gasteiger partial charge in [0, 0.05) is 5.69 Å². The molecule has 122 valence electrons. The van der Waals surface area contributed by atoms with Crippen LogP contribution in [0.25, 0.3) is 0 Å². The molecule has 1 saturated carbocycles. The summed E-state index contributed by atoms with van der Waals surface area (Å²) < 4.78 is 19.3. The molecule has 1 aromatic rings. The van der Waals surface area contributed by atoms with Gasteiger partial charge in [0.15, 0.2) is 0 Å². The number of anilines is 1. The van der Waals surface area contributed by atoms with Crippen LogP contribution in [0.4, 0.5) is 14.9 Å². The van der Waals surface area contributed by atoms with E-state index in [1.165, 1.54) is 12.1 Å². The monoisotopic (exact) mass is 308 g/mol. The third-order valence-corrected chi connectivity index (χ3v) is 4.28. The van der Waals surface area contributed by atoms with Gasteiger partial charge in [0.05, 0.1) is 0 Å². The van der Waals surface area contributed by atoms with Gasteiger partial charge in [-0.15, -0.1) is 0 Å². The van der Waals surface area contributed by atoms with Crippen molar-refractivity contribution in [2.75, 3.05) is 11.9 Å². The summed E-state index contributed by atoms with van der Waals surface area (Å²) in [6.07, 6.45) is -0.546. The van der Waals surface area contributed by atoms with Crippen molar-refractivity contribution >= 4 is 11.8 Å². The molecule has 0 spiro atoms. The summed E-state index contributed by atoms with van der Waals surface area (Å²) >= 11 is 0. The van der Waals surface area contributed by atoms with E-state index in [4.69, 9.17) is 10.5 Å². The van der Waals surface area contributed by atoms with Gasteiger partial charge in [-0.3, -0.25) is 5.32 Å². The topological polar surface area (TPSA) is 64.3 Å². The first-order valence-electron chi connectivity index (χ1n) is 7.56. The highest BCUT2D eigenvalue weighted by atomic mass is 19.1. The van der Waals surface area contributed by atoms with Gasteiger partial charge in [-0.05, 0) is 68.3 Å². The molecule has 1 fully saturated rings. The normalized spacial score (nSPS) is 23.0. The number of rotatable bonds is 3. The molecule has 1 aliphatic carbocycles. The molecule has 1 aromatic carbocycles. The van der Waals surface area contributed by atoms with Crippen molar-refractivity contribution in [2.45, 2.75) is 46.1 Å². The number of hydrogen-bond donors (Lipinski definition) is 2. The molecule has 5 heteroatoms. The molecule has 0 heterocycles. The molecule has 2 rings (SSSR count). The van der Waals surface area contributed by atoms with Crippen molar-refractivity contribution in [3.63, 3.8) is 0 Å².